The summed E-state index contributed by atoms with van der Waals surface area (Å²) < 4.78 is 25.1. The van der Waals surface area contributed by atoms with Crippen LogP contribution in [0.5, 0.6) is 0 Å². The van der Waals surface area contributed by atoms with Crippen molar-refractivity contribution < 1.29 is 23.8 Å². The molecule has 1 saturated carbocycles. The van der Waals surface area contributed by atoms with Gasteiger partial charge in [-0.2, -0.15) is 0 Å². The number of aliphatic hydroxyl groups excluding tert-OH is 1. The molecule has 178 valence electrons. The number of nitrogens with one attached hydrogen (secondary N) is 1. The number of hydrogen-bond acceptors (Lipinski definition) is 5. The van der Waals surface area contributed by atoms with Gasteiger partial charge in [0.05, 0.1) is 37.9 Å². The van der Waals surface area contributed by atoms with Crippen LogP contribution in [0, 0.1) is 11.7 Å². The second-order valence-electron chi connectivity index (χ2n) is 9.70. The summed E-state index contributed by atoms with van der Waals surface area (Å²) in [5.41, 5.74) is 0.870. The molecule has 1 aromatic carbocycles. The molecule has 2 saturated heterocycles. The van der Waals surface area contributed by atoms with Crippen LogP contribution < -0.4 is 5.32 Å². The molecule has 2 heterocycles. The summed E-state index contributed by atoms with van der Waals surface area (Å²) in [5.74, 6) is 0.364. The number of halogens is 1. The molecule has 3 fully saturated rings. The normalized spacial score (nSPS) is 30.2. The van der Waals surface area contributed by atoms with Crippen LogP contribution >= 0.6 is 0 Å². The van der Waals surface area contributed by atoms with Gasteiger partial charge >= 0.3 is 0 Å². The molecule has 32 heavy (non-hydrogen) atoms. The van der Waals surface area contributed by atoms with Crippen molar-refractivity contribution in [3.8, 4) is 0 Å². The van der Waals surface area contributed by atoms with Crippen molar-refractivity contribution in [3.05, 3.63) is 35.6 Å². The number of carbonyl (C=O) groups is 1. The number of rotatable bonds is 6. The van der Waals surface area contributed by atoms with Crippen molar-refractivity contribution >= 4 is 5.91 Å². The molecular formula is C25H37FN2O4. The third-order valence-corrected chi connectivity index (χ3v) is 7.12. The second kappa shape index (κ2) is 11.5. The van der Waals surface area contributed by atoms with Gasteiger partial charge in [-0.25, -0.2) is 4.39 Å². The van der Waals surface area contributed by atoms with Crippen molar-refractivity contribution in [2.24, 2.45) is 5.92 Å². The molecule has 4 atom stereocenters. The van der Waals surface area contributed by atoms with E-state index in [0.717, 1.165) is 24.9 Å². The fourth-order valence-corrected chi connectivity index (χ4v) is 5.44. The maximum atomic E-state index is 13.0. The Balaban J connectivity index is 1.29. The Hall–Kier alpha value is -1.54. The minimum Gasteiger partial charge on any atom is -0.389 e. The second-order valence-corrected chi connectivity index (χ2v) is 9.70. The molecule has 0 bridgehead atoms. The molecule has 0 radical (unpaired) electrons. The monoisotopic (exact) mass is 448 g/mol. The molecule has 0 spiro atoms. The zero-order valence-electron chi connectivity index (χ0n) is 18.9. The van der Waals surface area contributed by atoms with Gasteiger partial charge in [0.15, 0.2) is 0 Å². The third-order valence-electron chi connectivity index (χ3n) is 7.12. The molecule has 0 unspecified atom stereocenters. The van der Waals surface area contributed by atoms with Gasteiger partial charge in [0.2, 0.25) is 5.91 Å². The number of carbonyl (C=O) groups excluding carboxylic acids is 1. The van der Waals surface area contributed by atoms with Crippen LogP contribution in [-0.4, -0.2) is 66.6 Å². The first-order chi connectivity index (χ1) is 15.6. The van der Waals surface area contributed by atoms with Gasteiger partial charge in [0, 0.05) is 25.7 Å². The lowest BCUT2D eigenvalue weighted by Crippen LogP contribution is -2.56. The van der Waals surface area contributed by atoms with Gasteiger partial charge in [-0.05, 0) is 49.3 Å². The topological polar surface area (TPSA) is 71.0 Å². The zero-order chi connectivity index (χ0) is 22.3. The minimum absolute atomic E-state index is 0.0565. The molecule has 2 N–H and O–H groups in total. The summed E-state index contributed by atoms with van der Waals surface area (Å²) in [6.07, 6.45) is 7.93. The number of hydrogen-bond donors (Lipinski definition) is 2. The summed E-state index contributed by atoms with van der Waals surface area (Å²) in [5, 5.41) is 13.3. The van der Waals surface area contributed by atoms with Crippen LogP contribution in [0.2, 0.25) is 0 Å². The van der Waals surface area contributed by atoms with Crippen LogP contribution in [0.1, 0.15) is 56.9 Å². The van der Waals surface area contributed by atoms with Crippen molar-refractivity contribution in [2.45, 2.75) is 82.3 Å². The molecule has 7 heteroatoms. The SMILES string of the molecule is O=C(C[C@@H]1CC[C@@H]2[C@H](COC[C@@H](O)CN2CC2CCCCC2)O1)NCc1ccc(F)cc1. The van der Waals surface area contributed by atoms with E-state index >= 15 is 0 Å². The number of β-amino-alcohol motifs (C(OH)–C–C–N with tert-alkyl or cyclic N) is 1. The fourth-order valence-electron chi connectivity index (χ4n) is 5.44. The first-order valence-corrected chi connectivity index (χ1v) is 12.2. The van der Waals surface area contributed by atoms with Gasteiger partial charge in [-0.3, -0.25) is 9.69 Å². The number of amides is 1. The smallest absolute Gasteiger partial charge is 0.222 e. The highest BCUT2D eigenvalue weighted by molar-refractivity contribution is 5.76. The van der Waals surface area contributed by atoms with E-state index in [1.807, 2.05) is 0 Å². The average molecular weight is 449 g/mol. The van der Waals surface area contributed by atoms with E-state index in [-0.39, 0.29) is 30.0 Å². The number of aliphatic hydroxyl groups is 1. The van der Waals surface area contributed by atoms with Gasteiger partial charge in [-0.1, -0.05) is 31.4 Å². The number of nitrogens with zero attached hydrogens (tertiary/aromatic N) is 1. The molecule has 6 nitrogen and oxygen atoms in total. The van der Waals surface area contributed by atoms with Crippen molar-refractivity contribution in [1.29, 1.82) is 0 Å². The molecule has 0 aromatic heterocycles. The van der Waals surface area contributed by atoms with E-state index < -0.39 is 6.10 Å². The van der Waals surface area contributed by atoms with Crippen LogP contribution in [-0.2, 0) is 20.8 Å². The maximum absolute atomic E-state index is 13.0. The summed E-state index contributed by atoms with van der Waals surface area (Å²) in [7, 11) is 0. The van der Waals surface area contributed by atoms with E-state index in [1.165, 1.54) is 44.2 Å². The fraction of sp³-hybridized carbons (Fsp3) is 0.720. The van der Waals surface area contributed by atoms with E-state index in [2.05, 4.69) is 10.2 Å². The van der Waals surface area contributed by atoms with E-state index in [4.69, 9.17) is 9.47 Å². The van der Waals surface area contributed by atoms with Crippen LogP contribution in [0.15, 0.2) is 24.3 Å². The van der Waals surface area contributed by atoms with E-state index in [9.17, 15) is 14.3 Å². The summed E-state index contributed by atoms with van der Waals surface area (Å²) in [4.78, 5) is 14.9. The molecule has 2 aliphatic heterocycles. The molecule has 4 rings (SSSR count). The Morgan fingerprint density at radius 1 is 1.09 bits per heavy atom. The highest BCUT2D eigenvalue weighted by atomic mass is 19.1. The Morgan fingerprint density at radius 3 is 2.66 bits per heavy atom. The van der Waals surface area contributed by atoms with Gasteiger partial charge in [-0.15, -0.1) is 0 Å². The predicted molar refractivity (Wildman–Crippen MR) is 120 cm³/mol. The Bertz CT molecular complexity index is 725. The highest BCUT2D eigenvalue weighted by Crippen LogP contribution is 2.31. The Morgan fingerprint density at radius 2 is 1.88 bits per heavy atom. The lowest BCUT2D eigenvalue weighted by molar-refractivity contribution is -0.158. The minimum atomic E-state index is -0.463. The quantitative estimate of drug-likeness (QED) is 0.700. The van der Waals surface area contributed by atoms with Gasteiger partial charge in [0.1, 0.15) is 5.82 Å². The lowest BCUT2D eigenvalue weighted by Gasteiger charge is -2.45. The number of ether oxygens (including phenoxy) is 2. The third kappa shape index (κ3) is 6.73. The first-order valence-electron chi connectivity index (χ1n) is 12.2. The van der Waals surface area contributed by atoms with Crippen molar-refractivity contribution in [3.63, 3.8) is 0 Å². The zero-order valence-corrected chi connectivity index (χ0v) is 18.9. The summed E-state index contributed by atoms with van der Waals surface area (Å²) >= 11 is 0. The van der Waals surface area contributed by atoms with Crippen LogP contribution in [0.3, 0.4) is 0 Å². The molecule has 3 aliphatic rings. The summed E-state index contributed by atoms with van der Waals surface area (Å²) in [6.45, 7) is 2.81. The van der Waals surface area contributed by atoms with Gasteiger partial charge < -0.3 is 19.9 Å². The largest absolute Gasteiger partial charge is 0.389 e. The van der Waals surface area contributed by atoms with E-state index in [1.54, 1.807) is 12.1 Å². The molecular weight excluding hydrogens is 411 g/mol. The van der Waals surface area contributed by atoms with Gasteiger partial charge in [0.25, 0.3) is 0 Å². The highest BCUT2D eigenvalue weighted by Gasteiger charge is 2.38. The first kappa shape index (κ1) is 23.6. The Labute approximate surface area is 190 Å². The van der Waals surface area contributed by atoms with E-state index in [0.29, 0.717) is 38.6 Å². The number of benzene rings is 1. The predicted octanol–water partition coefficient (Wildman–Crippen LogP) is 3.02. The molecule has 1 aromatic rings. The average Bonchev–Trinajstić information content (AvgIpc) is 2.78. The molecule has 1 amide bonds. The van der Waals surface area contributed by atoms with Crippen LogP contribution in [0.25, 0.3) is 0 Å². The Kier molecular flexibility index (Phi) is 8.52. The van der Waals surface area contributed by atoms with Crippen LogP contribution in [0.4, 0.5) is 4.39 Å². The molecule has 1 aliphatic carbocycles. The standard InChI is InChI=1S/C25H37FN2O4/c26-20-8-6-18(7-9-20)13-27-25(30)12-22-10-11-23-24(32-22)17-31-16-21(29)15-28(23)14-19-4-2-1-3-5-19/h6-9,19,21-24,29H,1-5,10-17H2,(H,27,30)/t21-,22-,23+,24-/m0/s1. The maximum Gasteiger partial charge on any atom is 0.222 e. The summed E-state index contributed by atoms with van der Waals surface area (Å²) in [6, 6.07) is 6.38. The number of fused-ring (bicyclic) bond motifs is 1. The van der Waals surface area contributed by atoms with Crippen molar-refractivity contribution in [2.75, 3.05) is 26.3 Å². The lowest BCUT2D eigenvalue weighted by atomic mass is 9.87. The van der Waals surface area contributed by atoms with Crippen molar-refractivity contribution in [1.82, 2.24) is 10.2 Å².